The Hall–Kier alpha value is -1.62. The van der Waals surface area contributed by atoms with Gasteiger partial charge in [0.25, 0.3) is 11.5 Å². The maximum absolute atomic E-state index is 12.7. The van der Waals surface area contributed by atoms with Gasteiger partial charge >= 0.3 is 0 Å². The summed E-state index contributed by atoms with van der Waals surface area (Å²) in [6, 6.07) is 1.85. The van der Waals surface area contributed by atoms with Crippen molar-refractivity contribution >= 4 is 5.91 Å². The van der Waals surface area contributed by atoms with E-state index in [-0.39, 0.29) is 22.6 Å². The summed E-state index contributed by atoms with van der Waals surface area (Å²) in [5.74, 6) is -0.164. The predicted molar refractivity (Wildman–Crippen MR) is 79.6 cm³/mol. The SMILES string of the molecule is Cc1cc(C)c(C(=O)N2CCOC3(CCCC3)C2)c(=O)[nH]1. The lowest BCUT2D eigenvalue weighted by atomic mass is 9.98. The van der Waals surface area contributed by atoms with E-state index in [1.54, 1.807) is 4.90 Å². The molecule has 2 aliphatic rings. The highest BCUT2D eigenvalue weighted by Gasteiger charge is 2.41. The maximum Gasteiger partial charge on any atom is 0.261 e. The average Bonchev–Trinajstić information content (AvgIpc) is 2.85. The van der Waals surface area contributed by atoms with E-state index in [4.69, 9.17) is 4.74 Å². The van der Waals surface area contributed by atoms with Crippen LogP contribution in [0, 0.1) is 13.8 Å². The van der Waals surface area contributed by atoms with Crippen molar-refractivity contribution in [2.75, 3.05) is 19.7 Å². The zero-order valence-corrected chi connectivity index (χ0v) is 12.7. The Kier molecular flexibility index (Phi) is 3.61. The van der Waals surface area contributed by atoms with E-state index in [1.807, 2.05) is 19.9 Å². The first-order valence-corrected chi connectivity index (χ1v) is 7.65. The molecule has 3 rings (SSSR count). The van der Waals surface area contributed by atoms with Crippen LogP contribution in [0.25, 0.3) is 0 Å². The number of aromatic amines is 1. The molecule has 5 nitrogen and oxygen atoms in total. The molecule has 1 aromatic heterocycles. The molecule has 0 unspecified atom stereocenters. The molecule has 5 heteroatoms. The minimum Gasteiger partial charge on any atom is -0.371 e. The molecule has 0 atom stereocenters. The van der Waals surface area contributed by atoms with E-state index in [1.165, 1.54) is 0 Å². The minimum absolute atomic E-state index is 0.164. The normalized spacial score (nSPS) is 21.0. The van der Waals surface area contributed by atoms with Gasteiger partial charge in [0.15, 0.2) is 0 Å². The number of H-pyrrole nitrogens is 1. The average molecular weight is 290 g/mol. The van der Waals surface area contributed by atoms with E-state index in [0.717, 1.165) is 36.9 Å². The second-order valence-electron chi connectivity index (χ2n) is 6.30. The van der Waals surface area contributed by atoms with Crippen molar-refractivity contribution in [2.24, 2.45) is 0 Å². The molecule has 1 N–H and O–H groups in total. The molecule has 114 valence electrons. The third-order valence-electron chi connectivity index (χ3n) is 4.63. The Morgan fingerprint density at radius 1 is 1.33 bits per heavy atom. The third-order valence-corrected chi connectivity index (χ3v) is 4.63. The number of hydrogen-bond donors (Lipinski definition) is 1. The Morgan fingerprint density at radius 2 is 2.05 bits per heavy atom. The van der Waals surface area contributed by atoms with Crippen LogP contribution in [0.2, 0.25) is 0 Å². The van der Waals surface area contributed by atoms with Gasteiger partial charge in [0, 0.05) is 12.2 Å². The summed E-state index contributed by atoms with van der Waals surface area (Å²) in [6.07, 6.45) is 4.35. The van der Waals surface area contributed by atoms with Crippen molar-refractivity contribution in [3.05, 3.63) is 33.2 Å². The molecule has 1 aliphatic heterocycles. The molecule has 0 aromatic carbocycles. The highest BCUT2D eigenvalue weighted by atomic mass is 16.5. The summed E-state index contributed by atoms with van der Waals surface area (Å²) >= 11 is 0. The van der Waals surface area contributed by atoms with Crippen LogP contribution in [-0.2, 0) is 4.74 Å². The summed E-state index contributed by atoms with van der Waals surface area (Å²) in [6.45, 7) is 5.38. The van der Waals surface area contributed by atoms with Crippen LogP contribution >= 0.6 is 0 Å². The van der Waals surface area contributed by atoms with Gasteiger partial charge in [-0.1, -0.05) is 12.8 Å². The van der Waals surface area contributed by atoms with Gasteiger partial charge in [-0.3, -0.25) is 9.59 Å². The van der Waals surface area contributed by atoms with E-state index >= 15 is 0 Å². The summed E-state index contributed by atoms with van der Waals surface area (Å²) < 4.78 is 5.94. The van der Waals surface area contributed by atoms with Gasteiger partial charge in [0.2, 0.25) is 0 Å². The lowest BCUT2D eigenvalue weighted by molar-refractivity contribution is -0.0948. The second-order valence-corrected chi connectivity index (χ2v) is 6.30. The van der Waals surface area contributed by atoms with Gasteiger partial charge in [-0.15, -0.1) is 0 Å². The summed E-state index contributed by atoms with van der Waals surface area (Å²) in [4.78, 5) is 29.4. The first kappa shape index (κ1) is 14.3. The number of morpholine rings is 1. The van der Waals surface area contributed by atoms with Crippen molar-refractivity contribution in [1.29, 1.82) is 0 Å². The molecule has 2 fully saturated rings. The molecule has 2 heterocycles. The van der Waals surface area contributed by atoms with Gasteiger partial charge in [-0.25, -0.2) is 0 Å². The first-order valence-electron chi connectivity index (χ1n) is 7.65. The number of hydrogen-bond acceptors (Lipinski definition) is 3. The number of carbonyl (C=O) groups excluding carboxylic acids is 1. The Labute approximate surface area is 124 Å². The van der Waals surface area contributed by atoms with E-state index in [9.17, 15) is 9.59 Å². The number of rotatable bonds is 1. The molecule has 0 bridgehead atoms. The van der Waals surface area contributed by atoms with E-state index < -0.39 is 0 Å². The standard InChI is InChI=1S/C16H22N2O3/c1-11-9-12(2)17-14(19)13(11)15(20)18-7-8-21-16(10-18)5-3-4-6-16/h9H,3-8,10H2,1-2H3,(H,17,19). The zero-order chi connectivity index (χ0) is 15.0. The number of pyridine rings is 1. The van der Waals surface area contributed by atoms with Crippen LogP contribution in [0.3, 0.4) is 0 Å². The fraction of sp³-hybridized carbons (Fsp3) is 0.625. The van der Waals surface area contributed by atoms with Crippen LogP contribution < -0.4 is 5.56 Å². The number of carbonyl (C=O) groups is 1. The van der Waals surface area contributed by atoms with Crippen molar-refractivity contribution in [1.82, 2.24) is 9.88 Å². The molecule has 1 spiro atoms. The van der Waals surface area contributed by atoms with Gasteiger partial charge in [0.05, 0.1) is 18.8 Å². The monoisotopic (exact) mass is 290 g/mol. The van der Waals surface area contributed by atoms with Crippen molar-refractivity contribution in [2.45, 2.75) is 45.1 Å². The van der Waals surface area contributed by atoms with Crippen LogP contribution in [0.15, 0.2) is 10.9 Å². The molecule has 1 saturated heterocycles. The van der Waals surface area contributed by atoms with Crippen LogP contribution in [-0.4, -0.2) is 41.1 Å². The lowest BCUT2D eigenvalue weighted by Gasteiger charge is -2.40. The molecule has 1 aromatic rings. The molecule has 1 aliphatic carbocycles. The Morgan fingerprint density at radius 3 is 2.71 bits per heavy atom. The maximum atomic E-state index is 12.7. The largest absolute Gasteiger partial charge is 0.371 e. The lowest BCUT2D eigenvalue weighted by Crippen LogP contribution is -2.53. The summed E-state index contributed by atoms with van der Waals surface area (Å²) in [5, 5.41) is 0. The van der Waals surface area contributed by atoms with Gasteiger partial charge < -0.3 is 14.6 Å². The van der Waals surface area contributed by atoms with Crippen molar-refractivity contribution in [3.8, 4) is 0 Å². The summed E-state index contributed by atoms with van der Waals surface area (Å²) in [7, 11) is 0. The van der Waals surface area contributed by atoms with Crippen LogP contribution in [0.4, 0.5) is 0 Å². The molecule has 1 amide bonds. The van der Waals surface area contributed by atoms with Crippen molar-refractivity contribution in [3.63, 3.8) is 0 Å². The van der Waals surface area contributed by atoms with Gasteiger partial charge in [0.1, 0.15) is 5.56 Å². The van der Waals surface area contributed by atoms with E-state index in [0.29, 0.717) is 19.7 Å². The number of ether oxygens (including phenoxy) is 1. The molecule has 21 heavy (non-hydrogen) atoms. The fourth-order valence-corrected chi connectivity index (χ4v) is 3.62. The second kappa shape index (κ2) is 5.30. The topological polar surface area (TPSA) is 62.4 Å². The number of nitrogens with one attached hydrogen (secondary N) is 1. The minimum atomic E-state index is -0.288. The Bertz CT molecular complexity index is 614. The van der Waals surface area contributed by atoms with Crippen LogP contribution in [0.5, 0.6) is 0 Å². The number of amides is 1. The van der Waals surface area contributed by atoms with Gasteiger partial charge in [-0.2, -0.15) is 0 Å². The number of aryl methyl sites for hydroxylation is 2. The quantitative estimate of drug-likeness (QED) is 0.857. The number of aromatic nitrogens is 1. The Balaban J connectivity index is 1.87. The van der Waals surface area contributed by atoms with Gasteiger partial charge in [-0.05, 0) is 38.3 Å². The third kappa shape index (κ3) is 2.62. The molecular formula is C16H22N2O3. The summed E-state index contributed by atoms with van der Waals surface area (Å²) in [5.41, 5.74) is 1.34. The first-order chi connectivity index (χ1) is 10.0. The van der Waals surface area contributed by atoms with Crippen LogP contribution in [0.1, 0.15) is 47.3 Å². The highest BCUT2D eigenvalue weighted by molar-refractivity contribution is 5.95. The number of nitrogens with zero attached hydrogens (tertiary/aromatic N) is 1. The predicted octanol–water partition coefficient (Wildman–Crippen LogP) is 1.78. The molecule has 0 radical (unpaired) electrons. The van der Waals surface area contributed by atoms with E-state index in [2.05, 4.69) is 4.98 Å². The molecular weight excluding hydrogens is 268 g/mol. The smallest absolute Gasteiger partial charge is 0.261 e. The molecule has 1 saturated carbocycles. The zero-order valence-electron chi connectivity index (χ0n) is 12.7. The fourth-order valence-electron chi connectivity index (χ4n) is 3.62. The van der Waals surface area contributed by atoms with Crippen molar-refractivity contribution < 1.29 is 9.53 Å². The highest BCUT2D eigenvalue weighted by Crippen LogP contribution is 2.36.